The zero-order valence-corrected chi connectivity index (χ0v) is 33.1. The van der Waals surface area contributed by atoms with Crippen LogP contribution in [0.2, 0.25) is 0 Å². The van der Waals surface area contributed by atoms with E-state index in [-0.39, 0.29) is 46.3 Å². The van der Waals surface area contributed by atoms with Crippen molar-refractivity contribution in [3.8, 4) is 0 Å². The van der Waals surface area contributed by atoms with Crippen LogP contribution in [-0.4, -0.2) is 126 Å². The lowest BCUT2D eigenvalue weighted by Gasteiger charge is -2.66. The van der Waals surface area contributed by atoms with E-state index in [2.05, 4.69) is 39.5 Å². The summed E-state index contributed by atoms with van der Waals surface area (Å²) < 4.78 is 31.6. The van der Waals surface area contributed by atoms with Gasteiger partial charge in [0.1, 0.15) is 6.10 Å². The molecule has 2 bridgehead atoms. The van der Waals surface area contributed by atoms with Crippen LogP contribution in [0.4, 0.5) is 0 Å². The predicted molar refractivity (Wildman–Crippen MR) is 195 cm³/mol. The second kappa shape index (κ2) is 14.3. The van der Waals surface area contributed by atoms with Gasteiger partial charge in [0.15, 0.2) is 6.29 Å². The molecule has 3 heterocycles. The Labute approximate surface area is 308 Å². The number of rotatable bonds is 9. The van der Waals surface area contributed by atoms with Gasteiger partial charge in [-0.1, -0.05) is 41.0 Å². The average Bonchev–Trinajstić information content (AvgIpc) is 3.57. The van der Waals surface area contributed by atoms with E-state index < -0.39 is 24.2 Å². The van der Waals surface area contributed by atoms with Crippen molar-refractivity contribution in [1.82, 2.24) is 9.80 Å². The first-order valence-electron chi connectivity index (χ1n) is 20.8. The first kappa shape index (κ1) is 38.9. The first-order valence-corrected chi connectivity index (χ1v) is 20.8. The highest BCUT2D eigenvalue weighted by atomic mass is 16.7. The van der Waals surface area contributed by atoms with Crippen LogP contribution in [0.15, 0.2) is 0 Å². The van der Waals surface area contributed by atoms with E-state index in [1.165, 1.54) is 19.3 Å². The van der Waals surface area contributed by atoms with E-state index in [4.69, 9.17) is 23.7 Å². The molecule has 10 nitrogen and oxygen atoms in total. The number of fused-ring (bicyclic) bond motifs is 5. The third-order valence-corrected chi connectivity index (χ3v) is 16.4. The van der Waals surface area contributed by atoms with Crippen LogP contribution in [-0.2, 0) is 23.7 Å². The van der Waals surface area contributed by atoms with Crippen molar-refractivity contribution in [1.29, 1.82) is 0 Å². The van der Waals surface area contributed by atoms with Crippen molar-refractivity contribution in [2.24, 2.45) is 45.3 Å². The molecule has 7 rings (SSSR count). The van der Waals surface area contributed by atoms with Gasteiger partial charge < -0.3 is 39.0 Å². The molecule has 0 radical (unpaired) electrons. The molecular formula is C41H72N2O8. The van der Waals surface area contributed by atoms with Crippen LogP contribution in [0.3, 0.4) is 0 Å². The number of aliphatic hydroxyl groups is 3. The quantitative estimate of drug-likeness (QED) is 0.300. The highest BCUT2D eigenvalue weighted by molar-refractivity contribution is 5.22. The van der Waals surface area contributed by atoms with Gasteiger partial charge in [-0.15, -0.1) is 0 Å². The predicted octanol–water partition coefficient (Wildman–Crippen LogP) is 5.02. The minimum Gasteiger partial charge on any atom is -0.390 e. The largest absolute Gasteiger partial charge is 0.390 e. The molecule has 14 atom stereocenters. The molecular weight excluding hydrogens is 648 g/mol. The molecule has 294 valence electrons. The summed E-state index contributed by atoms with van der Waals surface area (Å²) in [6, 6.07) is 0. The molecule has 3 saturated heterocycles. The van der Waals surface area contributed by atoms with Crippen LogP contribution in [0.5, 0.6) is 0 Å². The molecule has 10 heteroatoms. The Morgan fingerprint density at radius 3 is 2.43 bits per heavy atom. The molecule has 4 aliphatic carbocycles. The summed E-state index contributed by atoms with van der Waals surface area (Å²) in [5.74, 6) is 1.68. The minimum atomic E-state index is -1.02. The summed E-state index contributed by atoms with van der Waals surface area (Å²) in [7, 11) is 0. The average molecular weight is 721 g/mol. The van der Waals surface area contributed by atoms with Crippen LogP contribution >= 0.6 is 0 Å². The summed E-state index contributed by atoms with van der Waals surface area (Å²) in [6.07, 6.45) is 7.78. The van der Waals surface area contributed by atoms with Crippen molar-refractivity contribution in [3.63, 3.8) is 0 Å². The Hall–Kier alpha value is -0.400. The van der Waals surface area contributed by atoms with Gasteiger partial charge in [0, 0.05) is 44.7 Å². The highest BCUT2D eigenvalue weighted by Crippen LogP contribution is 2.76. The third kappa shape index (κ3) is 6.59. The number of aliphatic hydroxyl groups excluding tert-OH is 2. The number of nitrogens with zero attached hydrogens (tertiary/aromatic N) is 2. The monoisotopic (exact) mass is 721 g/mol. The molecule has 51 heavy (non-hydrogen) atoms. The van der Waals surface area contributed by atoms with Crippen molar-refractivity contribution >= 4 is 0 Å². The molecule has 0 amide bonds. The Bertz CT molecular complexity index is 1210. The lowest BCUT2D eigenvalue weighted by Crippen LogP contribution is -2.61. The molecule has 0 aromatic heterocycles. The number of hydrogen-bond donors (Lipinski definition) is 3. The van der Waals surface area contributed by atoms with Crippen molar-refractivity contribution in [3.05, 3.63) is 0 Å². The third-order valence-electron chi connectivity index (χ3n) is 16.4. The Morgan fingerprint density at radius 2 is 1.73 bits per heavy atom. The summed E-state index contributed by atoms with van der Waals surface area (Å²) >= 11 is 0. The topological polar surface area (TPSA) is 113 Å². The van der Waals surface area contributed by atoms with Gasteiger partial charge in [0.05, 0.1) is 43.2 Å². The summed E-state index contributed by atoms with van der Waals surface area (Å²) in [6.45, 7) is 23.7. The van der Waals surface area contributed by atoms with E-state index in [1.807, 2.05) is 25.7 Å². The second-order valence-electron chi connectivity index (χ2n) is 19.6. The van der Waals surface area contributed by atoms with Gasteiger partial charge in [-0.25, -0.2) is 0 Å². The van der Waals surface area contributed by atoms with Gasteiger partial charge in [0.25, 0.3) is 0 Å². The van der Waals surface area contributed by atoms with E-state index in [1.54, 1.807) is 0 Å². The fourth-order valence-corrected chi connectivity index (χ4v) is 13.5. The number of morpholine rings is 1. The molecule has 3 N–H and O–H groups in total. The van der Waals surface area contributed by atoms with Crippen molar-refractivity contribution < 1.29 is 39.0 Å². The van der Waals surface area contributed by atoms with E-state index in [0.29, 0.717) is 43.5 Å². The van der Waals surface area contributed by atoms with Gasteiger partial charge in [0.2, 0.25) is 6.41 Å². The second-order valence-corrected chi connectivity index (χ2v) is 19.6. The molecule has 7 fully saturated rings. The van der Waals surface area contributed by atoms with Crippen molar-refractivity contribution in [2.75, 3.05) is 52.5 Å². The van der Waals surface area contributed by atoms with Gasteiger partial charge >= 0.3 is 0 Å². The lowest BCUT2D eigenvalue weighted by atomic mass is 9.39. The molecule has 0 aromatic carbocycles. The lowest BCUT2D eigenvalue weighted by molar-refractivity contribution is -0.243. The molecule has 1 spiro atoms. The Balaban J connectivity index is 1.05. The Morgan fingerprint density at radius 1 is 0.961 bits per heavy atom. The maximum atomic E-state index is 12.6. The normalized spacial score (nSPS) is 48.3. The van der Waals surface area contributed by atoms with Gasteiger partial charge in [-0.05, 0) is 112 Å². The van der Waals surface area contributed by atoms with Gasteiger partial charge in [-0.2, -0.15) is 0 Å². The van der Waals surface area contributed by atoms with Crippen LogP contribution in [0.25, 0.3) is 0 Å². The Kier molecular flexibility index (Phi) is 10.9. The van der Waals surface area contributed by atoms with Crippen LogP contribution in [0.1, 0.15) is 113 Å². The SMILES string of the molecule is CCOC(C1CC(C)C2C(O1)C(O)C1(C)C3CCC4CC3(CCCC(OC3CN(CCN5CCOC5O)CCO3)C4(C)C)CCC21C)C(C)(C)O. The summed E-state index contributed by atoms with van der Waals surface area (Å²) in [4.78, 5) is 4.40. The fraction of sp³-hybridized carbons (Fsp3) is 1.00. The minimum absolute atomic E-state index is 0.00627. The van der Waals surface area contributed by atoms with E-state index >= 15 is 0 Å². The van der Waals surface area contributed by atoms with Crippen LogP contribution < -0.4 is 0 Å². The number of hydrogen-bond acceptors (Lipinski definition) is 10. The molecule has 3 aliphatic heterocycles. The summed E-state index contributed by atoms with van der Waals surface area (Å²) in [5.41, 5.74) is -1.03. The highest BCUT2D eigenvalue weighted by Gasteiger charge is 2.74. The number of ether oxygens (including phenoxy) is 5. The van der Waals surface area contributed by atoms with Crippen LogP contribution in [0, 0.1) is 45.3 Å². The zero-order valence-electron chi connectivity index (χ0n) is 33.1. The molecule has 0 aromatic rings. The van der Waals surface area contributed by atoms with Crippen molar-refractivity contribution in [2.45, 2.75) is 162 Å². The van der Waals surface area contributed by atoms with Gasteiger partial charge in [-0.3, -0.25) is 9.80 Å². The summed E-state index contributed by atoms with van der Waals surface area (Å²) in [5, 5.41) is 33.8. The standard InChI is InChI=1S/C41H72N2O8/c1-9-47-35(38(5,6)46)28-23-26(2)32-33(50-28)34(44)40(8)29-13-12-27-24-41(29,16-15-39(32,40)7)14-10-11-30(37(27,3)4)51-31-25-42(19-21-48-31)17-18-43-20-22-49-36(43)45/h26-36,44-46H,9-25H2,1-8H3. The van der Waals surface area contributed by atoms with E-state index in [0.717, 1.165) is 71.2 Å². The fourth-order valence-electron chi connectivity index (χ4n) is 13.5. The smallest absolute Gasteiger partial charge is 0.216 e. The molecule has 4 saturated carbocycles. The molecule has 7 aliphatic rings. The zero-order chi connectivity index (χ0) is 36.6. The maximum Gasteiger partial charge on any atom is 0.216 e. The van der Waals surface area contributed by atoms with E-state index in [9.17, 15) is 15.3 Å². The maximum absolute atomic E-state index is 12.6. The first-order chi connectivity index (χ1) is 24.0. The molecule has 14 unspecified atom stereocenters.